The number of piperidine rings is 1. The van der Waals surface area contributed by atoms with Gasteiger partial charge in [0.25, 0.3) is 10.2 Å². The molecule has 1 aliphatic rings. The first-order valence-electron chi connectivity index (χ1n) is 12.3. The quantitative estimate of drug-likeness (QED) is 0.327. The summed E-state index contributed by atoms with van der Waals surface area (Å²) in [4.78, 5) is 11.5. The Kier molecular flexibility index (Phi) is 8.52. The summed E-state index contributed by atoms with van der Waals surface area (Å²) in [7, 11) is -1.29. The largest absolute Gasteiger partial charge is 0.340 e. The van der Waals surface area contributed by atoms with Crippen LogP contribution in [0.1, 0.15) is 42.4 Å². The highest BCUT2D eigenvalue weighted by Crippen LogP contribution is 2.29. The third-order valence-corrected chi connectivity index (χ3v) is 7.54. The highest BCUT2D eigenvalue weighted by atomic mass is 32.2. The van der Waals surface area contributed by atoms with E-state index in [9.17, 15) is 8.42 Å². The van der Waals surface area contributed by atoms with E-state index in [1.165, 1.54) is 18.4 Å². The number of aryl methyl sites for hydroxylation is 1. The number of anilines is 4. The van der Waals surface area contributed by atoms with E-state index in [0.29, 0.717) is 24.2 Å². The molecule has 0 bridgehead atoms. The first kappa shape index (κ1) is 26.0. The molecule has 0 unspecified atom stereocenters. The minimum absolute atomic E-state index is 0.215. The third-order valence-electron chi connectivity index (χ3n) is 6.35. The van der Waals surface area contributed by atoms with Gasteiger partial charge < -0.3 is 15.5 Å². The van der Waals surface area contributed by atoms with Crippen LogP contribution >= 0.6 is 0 Å². The zero-order chi connectivity index (χ0) is 25.5. The maximum Gasteiger partial charge on any atom is 0.277 e. The van der Waals surface area contributed by atoms with Crippen molar-refractivity contribution in [1.82, 2.24) is 24.3 Å². The van der Waals surface area contributed by atoms with E-state index in [2.05, 4.69) is 66.3 Å². The lowest BCUT2D eigenvalue weighted by Gasteiger charge is -2.29. The van der Waals surface area contributed by atoms with E-state index in [1.54, 1.807) is 13.1 Å². The van der Waals surface area contributed by atoms with Crippen LogP contribution in [-0.4, -0.2) is 50.0 Å². The van der Waals surface area contributed by atoms with Gasteiger partial charge in [0, 0.05) is 36.2 Å². The summed E-state index contributed by atoms with van der Waals surface area (Å²) in [5, 5.41) is 6.63. The summed E-state index contributed by atoms with van der Waals surface area (Å²) in [6.07, 6.45) is 4.19. The Morgan fingerprint density at radius 1 is 0.944 bits per heavy atom. The lowest BCUT2D eigenvalue weighted by Crippen LogP contribution is -2.35. The monoisotopic (exact) mass is 509 g/mol. The van der Waals surface area contributed by atoms with E-state index in [4.69, 9.17) is 0 Å². The molecule has 4 N–H and O–H groups in total. The number of likely N-dealkylation sites (tertiary alicyclic amines) is 1. The molecule has 36 heavy (non-hydrogen) atoms. The molecule has 1 fully saturated rings. The average Bonchev–Trinajstić information content (AvgIpc) is 2.87. The number of benzene rings is 2. The molecular formula is C26H35N7O2S. The highest BCUT2D eigenvalue weighted by Gasteiger charge is 2.18. The van der Waals surface area contributed by atoms with Crippen LogP contribution in [-0.2, 0) is 16.8 Å². The Bertz CT molecular complexity index is 1240. The molecule has 2 aromatic carbocycles. The van der Waals surface area contributed by atoms with Crippen molar-refractivity contribution in [3.05, 3.63) is 71.4 Å². The molecule has 0 spiro atoms. The summed E-state index contributed by atoms with van der Waals surface area (Å²) in [6.45, 7) is 6.55. The van der Waals surface area contributed by atoms with Gasteiger partial charge in [-0.2, -0.15) is 18.1 Å². The number of hydrogen-bond acceptors (Lipinski definition) is 7. The van der Waals surface area contributed by atoms with Crippen LogP contribution in [0.4, 0.5) is 23.1 Å². The van der Waals surface area contributed by atoms with Crippen LogP contribution in [0.25, 0.3) is 0 Å². The molecular weight excluding hydrogens is 474 g/mol. The average molecular weight is 510 g/mol. The fourth-order valence-corrected chi connectivity index (χ4v) is 5.04. The van der Waals surface area contributed by atoms with Crippen molar-refractivity contribution in [2.24, 2.45) is 0 Å². The topological polar surface area (TPSA) is 111 Å². The van der Waals surface area contributed by atoms with Crippen LogP contribution in [0.15, 0.2) is 54.7 Å². The van der Waals surface area contributed by atoms with Crippen LogP contribution < -0.4 is 20.1 Å². The van der Waals surface area contributed by atoms with Crippen LogP contribution in [0.5, 0.6) is 0 Å². The van der Waals surface area contributed by atoms with E-state index in [0.717, 1.165) is 35.6 Å². The van der Waals surface area contributed by atoms with Gasteiger partial charge in [-0.15, -0.1) is 0 Å². The third kappa shape index (κ3) is 7.23. The van der Waals surface area contributed by atoms with Gasteiger partial charge in [-0.3, -0.25) is 0 Å². The van der Waals surface area contributed by atoms with Crippen molar-refractivity contribution in [2.45, 2.75) is 39.2 Å². The first-order valence-corrected chi connectivity index (χ1v) is 13.8. The molecule has 1 aromatic heterocycles. The fraction of sp³-hybridized carbons (Fsp3) is 0.385. The van der Waals surface area contributed by atoms with Crippen LogP contribution in [0, 0.1) is 6.92 Å². The second-order valence-electron chi connectivity index (χ2n) is 9.19. The SMILES string of the molecule is CCNS(=O)(=O)NCc1ccc(Nc2nc(Nc3ccc(C4CCN(C)CC4)cc3)ncc2C)cc1. The van der Waals surface area contributed by atoms with Crippen molar-refractivity contribution in [3.8, 4) is 0 Å². The smallest absolute Gasteiger partial charge is 0.277 e. The summed E-state index contributed by atoms with van der Waals surface area (Å²) in [5.41, 5.74) is 4.96. The zero-order valence-corrected chi connectivity index (χ0v) is 21.9. The Labute approximate surface area is 213 Å². The van der Waals surface area contributed by atoms with Gasteiger partial charge in [0.05, 0.1) is 0 Å². The molecule has 9 nitrogen and oxygen atoms in total. The lowest BCUT2D eigenvalue weighted by atomic mass is 9.89. The Morgan fingerprint density at radius 3 is 2.25 bits per heavy atom. The Hall–Kier alpha value is -3.05. The molecule has 10 heteroatoms. The normalized spacial score (nSPS) is 15.1. The van der Waals surface area contributed by atoms with Gasteiger partial charge in [-0.25, -0.2) is 9.71 Å². The fourth-order valence-electron chi connectivity index (χ4n) is 4.20. The highest BCUT2D eigenvalue weighted by molar-refractivity contribution is 7.87. The maximum atomic E-state index is 11.8. The number of rotatable bonds is 10. The summed E-state index contributed by atoms with van der Waals surface area (Å²) < 4.78 is 28.4. The van der Waals surface area contributed by atoms with E-state index in [-0.39, 0.29) is 6.54 Å². The molecule has 1 saturated heterocycles. The summed E-state index contributed by atoms with van der Waals surface area (Å²) >= 11 is 0. The minimum atomic E-state index is -3.48. The van der Waals surface area contributed by atoms with Crippen molar-refractivity contribution in [3.63, 3.8) is 0 Å². The molecule has 0 saturated carbocycles. The maximum absolute atomic E-state index is 11.8. The Morgan fingerprint density at radius 2 is 1.58 bits per heavy atom. The van der Waals surface area contributed by atoms with E-state index >= 15 is 0 Å². The molecule has 0 atom stereocenters. The summed E-state index contributed by atoms with van der Waals surface area (Å²) in [5.74, 6) is 1.85. The van der Waals surface area contributed by atoms with Gasteiger partial charge >= 0.3 is 0 Å². The van der Waals surface area contributed by atoms with Gasteiger partial charge in [0.2, 0.25) is 5.95 Å². The number of hydrogen-bond donors (Lipinski definition) is 4. The van der Waals surface area contributed by atoms with Crippen LogP contribution in [0.3, 0.4) is 0 Å². The lowest BCUT2D eigenvalue weighted by molar-refractivity contribution is 0.255. The molecule has 3 aromatic rings. The zero-order valence-electron chi connectivity index (χ0n) is 21.1. The predicted molar refractivity (Wildman–Crippen MR) is 145 cm³/mol. The van der Waals surface area contributed by atoms with Gasteiger partial charge in [-0.05, 0) is 81.2 Å². The Balaban J connectivity index is 1.37. The van der Waals surface area contributed by atoms with Gasteiger partial charge in [-0.1, -0.05) is 31.2 Å². The molecule has 0 amide bonds. The molecule has 1 aliphatic heterocycles. The predicted octanol–water partition coefficient (Wildman–Crippen LogP) is 4.03. The summed E-state index contributed by atoms with van der Waals surface area (Å²) in [6, 6.07) is 16.1. The molecule has 192 valence electrons. The van der Waals surface area contributed by atoms with E-state index < -0.39 is 10.2 Å². The second-order valence-corrected chi connectivity index (χ2v) is 10.8. The van der Waals surface area contributed by atoms with E-state index in [1.807, 2.05) is 31.2 Å². The van der Waals surface area contributed by atoms with Crippen molar-refractivity contribution < 1.29 is 8.42 Å². The number of aromatic nitrogens is 2. The number of nitrogens with one attached hydrogen (secondary N) is 4. The molecule has 2 heterocycles. The van der Waals surface area contributed by atoms with Gasteiger partial charge in [0.15, 0.2) is 0 Å². The first-order chi connectivity index (χ1) is 17.3. The van der Waals surface area contributed by atoms with Crippen LogP contribution in [0.2, 0.25) is 0 Å². The van der Waals surface area contributed by atoms with Crippen molar-refractivity contribution >= 4 is 33.4 Å². The minimum Gasteiger partial charge on any atom is -0.340 e. The second kappa shape index (κ2) is 11.8. The van der Waals surface area contributed by atoms with Crippen molar-refractivity contribution in [1.29, 1.82) is 0 Å². The standard InChI is InChI=1S/C26H35N7O2S/c1-4-28-36(34,35)29-18-20-5-9-23(10-6-20)30-25-19(2)17-27-26(32-25)31-24-11-7-21(8-12-24)22-13-15-33(3)16-14-22/h5-12,17,22,28-29H,4,13-16,18H2,1-3H3,(H2,27,30,31,32). The number of nitrogens with zero attached hydrogens (tertiary/aromatic N) is 3. The molecule has 0 radical (unpaired) electrons. The molecule has 4 rings (SSSR count). The van der Waals surface area contributed by atoms with Crippen molar-refractivity contribution in [2.75, 3.05) is 37.3 Å². The van der Waals surface area contributed by atoms with Gasteiger partial charge in [0.1, 0.15) is 5.82 Å². The molecule has 0 aliphatic carbocycles.